The highest BCUT2D eigenvalue weighted by molar-refractivity contribution is 9.10. The summed E-state index contributed by atoms with van der Waals surface area (Å²) < 4.78 is 6.48. The summed E-state index contributed by atoms with van der Waals surface area (Å²) in [4.78, 5) is 0. The van der Waals surface area contributed by atoms with E-state index in [2.05, 4.69) is 31.4 Å². The Morgan fingerprint density at radius 2 is 2.12 bits per heavy atom. The highest BCUT2D eigenvalue weighted by Gasteiger charge is 2.10. The van der Waals surface area contributed by atoms with Crippen molar-refractivity contribution in [3.63, 3.8) is 0 Å². The van der Waals surface area contributed by atoms with E-state index in [1.54, 1.807) is 0 Å². The van der Waals surface area contributed by atoms with Gasteiger partial charge in [-0.1, -0.05) is 12.1 Å². The number of halogens is 1. The molecule has 0 saturated carbocycles. The molecule has 1 heterocycles. The van der Waals surface area contributed by atoms with Crippen molar-refractivity contribution in [3.05, 3.63) is 34.6 Å². The lowest BCUT2D eigenvalue weighted by Crippen LogP contribution is -2.21. The molecule has 0 saturated heterocycles. The lowest BCUT2D eigenvalue weighted by Gasteiger charge is -1.98. The number of rotatable bonds is 5. The first-order chi connectivity index (χ1) is 8.31. The summed E-state index contributed by atoms with van der Waals surface area (Å²) in [5.41, 5.74) is 6.27. The molecule has 0 amide bonds. The summed E-state index contributed by atoms with van der Waals surface area (Å²) >= 11 is 3.45. The molecule has 0 spiro atoms. The molecule has 1 aromatic heterocycles. The Morgan fingerprint density at radius 1 is 1.29 bits per heavy atom. The van der Waals surface area contributed by atoms with Crippen LogP contribution in [0.4, 0.5) is 0 Å². The van der Waals surface area contributed by atoms with Gasteiger partial charge in [0.25, 0.3) is 0 Å². The van der Waals surface area contributed by atoms with Crippen LogP contribution in [0.3, 0.4) is 0 Å². The monoisotopic (exact) mass is 296 g/mol. The molecule has 6 heteroatoms. The third-order valence-corrected chi connectivity index (χ3v) is 2.86. The van der Waals surface area contributed by atoms with Crippen molar-refractivity contribution in [2.75, 3.05) is 13.1 Å². The molecular formula is C11H13BrN4O. The van der Waals surface area contributed by atoms with Gasteiger partial charge < -0.3 is 15.5 Å². The van der Waals surface area contributed by atoms with E-state index in [9.17, 15) is 0 Å². The molecule has 0 aliphatic rings. The highest BCUT2D eigenvalue weighted by atomic mass is 79.9. The number of nitrogens with two attached hydrogens (primary N) is 1. The second kappa shape index (κ2) is 5.90. The van der Waals surface area contributed by atoms with Gasteiger partial charge in [0.1, 0.15) is 0 Å². The lowest BCUT2D eigenvalue weighted by molar-refractivity contribution is 0.479. The predicted octanol–water partition coefficient (Wildman–Crippen LogP) is 1.55. The van der Waals surface area contributed by atoms with Crippen molar-refractivity contribution in [2.24, 2.45) is 5.73 Å². The Bertz CT molecular complexity index is 486. The Hall–Kier alpha value is -1.24. The van der Waals surface area contributed by atoms with Gasteiger partial charge in [-0.25, -0.2) is 0 Å². The molecule has 0 bridgehead atoms. The normalized spacial score (nSPS) is 10.7. The van der Waals surface area contributed by atoms with Gasteiger partial charge in [0.2, 0.25) is 11.8 Å². The first-order valence-corrected chi connectivity index (χ1v) is 6.08. The van der Waals surface area contributed by atoms with E-state index in [1.165, 1.54) is 0 Å². The number of aromatic nitrogens is 2. The van der Waals surface area contributed by atoms with Crippen molar-refractivity contribution in [3.8, 4) is 11.5 Å². The van der Waals surface area contributed by atoms with Crippen LogP contribution in [0, 0.1) is 0 Å². The largest absolute Gasteiger partial charge is 0.419 e. The zero-order chi connectivity index (χ0) is 12.1. The molecule has 0 atom stereocenters. The first-order valence-electron chi connectivity index (χ1n) is 5.29. The van der Waals surface area contributed by atoms with Crippen molar-refractivity contribution >= 4 is 15.9 Å². The number of nitrogens with one attached hydrogen (secondary N) is 1. The molecule has 0 aliphatic carbocycles. The Kier molecular flexibility index (Phi) is 4.24. The van der Waals surface area contributed by atoms with Crippen LogP contribution >= 0.6 is 15.9 Å². The number of benzene rings is 1. The van der Waals surface area contributed by atoms with E-state index in [1.807, 2.05) is 24.3 Å². The second-order valence-corrected chi connectivity index (χ2v) is 4.30. The van der Waals surface area contributed by atoms with Gasteiger partial charge >= 0.3 is 0 Å². The molecule has 0 aliphatic heterocycles. The van der Waals surface area contributed by atoms with E-state index in [-0.39, 0.29) is 0 Å². The molecule has 17 heavy (non-hydrogen) atoms. The van der Waals surface area contributed by atoms with Crippen molar-refractivity contribution < 1.29 is 4.42 Å². The number of hydrogen-bond acceptors (Lipinski definition) is 5. The van der Waals surface area contributed by atoms with Crippen LogP contribution in [0.25, 0.3) is 11.5 Å². The van der Waals surface area contributed by atoms with Gasteiger partial charge in [-0.3, -0.25) is 0 Å². The fourth-order valence-electron chi connectivity index (χ4n) is 1.37. The second-order valence-electron chi connectivity index (χ2n) is 3.45. The molecular weight excluding hydrogens is 284 g/mol. The van der Waals surface area contributed by atoms with Crippen molar-refractivity contribution in [1.82, 2.24) is 15.5 Å². The third kappa shape index (κ3) is 3.12. The van der Waals surface area contributed by atoms with E-state index in [0.29, 0.717) is 24.9 Å². The van der Waals surface area contributed by atoms with Gasteiger partial charge in [0, 0.05) is 17.6 Å². The van der Waals surface area contributed by atoms with Crippen LogP contribution in [0.1, 0.15) is 5.89 Å². The van der Waals surface area contributed by atoms with Gasteiger partial charge in [-0.2, -0.15) is 0 Å². The summed E-state index contributed by atoms with van der Waals surface area (Å²) in [7, 11) is 0. The van der Waals surface area contributed by atoms with Crippen molar-refractivity contribution in [2.45, 2.75) is 6.54 Å². The first kappa shape index (κ1) is 12.2. The van der Waals surface area contributed by atoms with E-state index < -0.39 is 0 Å². The molecule has 90 valence electrons. The molecule has 3 N–H and O–H groups in total. The highest BCUT2D eigenvalue weighted by Crippen LogP contribution is 2.26. The van der Waals surface area contributed by atoms with Gasteiger partial charge in [-0.05, 0) is 28.1 Å². The third-order valence-electron chi connectivity index (χ3n) is 2.17. The Labute approximate surface area is 108 Å². The van der Waals surface area contributed by atoms with Crippen LogP contribution < -0.4 is 11.1 Å². The number of hydrogen-bond donors (Lipinski definition) is 2. The number of nitrogens with zero attached hydrogens (tertiary/aromatic N) is 2. The minimum Gasteiger partial charge on any atom is -0.419 e. The predicted molar refractivity (Wildman–Crippen MR) is 68.2 cm³/mol. The van der Waals surface area contributed by atoms with Crippen LogP contribution in [0.5, 0.6) is 0 Å². The van der Waals surface area contributed by atoms with Gasteiger partial charge in [0.15, 0.2) is 0 Å². The van der Waals surface area contributed by atoms with Crippen LogP contribution in [-0.4, -0.2) is 23.3 Å². The summed E-state index contributed by atoms with van der Waals surface area (Å²) in [6.45, 7) is 1.85. The average Bonchev–Trinajstić information content (AvgIpc) is 2.79. The van der Waals surface area contributed by atoms with Gasteiger partial charge in [0.05, 0.1) is 12.1 Å². The van der Waals surface area contributed by atoms with Crippen LogP contribution in [0.15, 0.2) is 33.2 Å². The maximum absolute atomic E-state index is 5.54. The molecule has 2 aromatic rings. The minimum absolute atomic E-state index is 0.516. The fourth-order valence-corrected chi connectivity index (χ4v) is 1.82. The summed E-state index contributed by atoms with van der Waals surface area (Å²) in [6, 6.07) is 7.73. The van der Waals surface area contributed by atoms with E-state index >= 15 is 0 Å². The quantitative estimate of drug-likeness (QED) is 0.819. The van der Waals surface area contributed by atoms with Crippen LogP contribution in [-0.2, 0) is 6.54 Å². The standard InChI is InChI=1S/C11H13BrN4O/c12-9-4-2-1-3-8(9)11-16-15-10(17-11)7-14-6-5-13/h1-4,14H,5-7,13H2. The maximum Gasteiger partial charge on any atom is 0.248 e. The van der Waals surface area contributed by atoms with Crippen molar-refractivity contribution in [1.29, 1.82) is 0 Å². The van der Waals surface area contributed by atoms with E-state index in [0.717, 1.165) is 16.6 Å². The van der Waals surface area contributed by atoms with E-state index in [4.69, 9.17) is 10.2 Å². The lowest BCUT2D eigenvalue weighted by atomic mass is 10.2. The molecule has 0 unspecified atom stereocenters. The zero-order valence-corrected chi connectivity index (χ0v) is 10.8. The summed E-state index contributed by atoms with van der Waals surface area (Å²) in [5, 5.41) is 11.1. The molecule has 1 aromatic carbocycles. The molecule has 2 rings (SSSR count). The smallest absolute Gasteiger partial charge is 0.248 e. The fraction of sp³-hybridized carbons (Fsp3) is 0.273. The Balaban J connectivity index is 2.10. The molecule has 0 radical (unpaired) electrons. The average molecular weight is 297 g/mol. The zero-order valence-electron chi connectivity index (χ0n) is 9.19. The molecule has 0 fully saturated rings. The summed E-state index contributed by atoms with van der Waals surface area (Å²) in [5.74, 6) is 1.08. The topological polar surface area (TPSA) is 77.0 Å². The molecule has 5 nitrogen and oxygen atoms in total. The maximum atomic E-state index is 5.54. The SMILES string of the molecule is NCCNCc1nnc(-c2ccccc2Br)o1. The van der Waals surface area contributed by atoms with Crippen LogP contribution in [0.2, 0.25) is 0 Å². The summed E-state index contributed by atoms with van der Waals surface area (Å²) in [6.07, 6.45) is 0. The Morgan fingerprint density at radius 3 is 2.88 bits per heavy atom. The minimum atomic E-state index is 0.516. The van der Waals surface area contributed by atoms with Gasteiger partial charge in [-0.15, -0.1) is 10.2 Å².